The number of hydrogen-bond acceptors (Lipinski definition) is 7. The highest BCUT2D eigenvalue weighted by molar-refractivity contribution is 7.45. The van der Waals surface area contributed by atoms with Crippen LogP contribution in [0.5, 0.6) is 0 Å². The smallest absolute Gasteiger partial charge is 0.258 e. The van der Waals surface area contributed by atoms with Gasteiger partial charge in [0.1, 0.15) is 6.04 Å². The molecule has 3 aliphatic rings. The molecule has 1 aromatic heterocycles. The third-order valence-corrected chi connectivity index (χ3v) is 11.0. The topological polar surface area (TPSA) is 148 Å². The highest BCUT2D eigenvalue weighted by Gasteiger charge is 2.42. The van der Waals surface area contributed by atoms with Crippen molar-refractivity contribution in [2.75, 3.05) is 13.1 Å². The molecule has 3 saturated heterocycles. The third kappa shape index (κ3) is 8.29. The van der Waals surface area contributed by atoms with Gasteiger partial charge >= 0.3 is 0 Å². The van der Waals surface area contributed by atoms with Crippen LogP contribution in [0.3, 0.4) is 0 Å². The van der Waals surface area contributed by atoms with Gasteiger partial charge in [-0.1, -0.05) is 56.2 Å². The summed E-state index contributed by atoms with van der Waals surface area (Å²) in [6.07, 6.45) is 7.96. The molecule has 3 fully saturated rings. The summed E-state index contributed by atoms with van der Waals surface area (Å²) in [5, 5.41) is 7.17. The lowest BCUT2D eigenvalue weighted by Crippen LogP contribution is -2.57. The zero-order valence-corrected chi connectivity index (χ0v) is 27.7. The van der Waals surface area contributed by atoms with Crippen molar-refractivity contribution in [3.05, 3.63) is 70.6 Å². The number of nitrogens with zero attached hydrogens (tertiary/aromatic N) is 3. The zero-order chi connectivity index (χ0) is 33.4. The van der Waals surface area contributed by atoms with E-state index in [4.69, 9.17) is 20.8 Å². The normalized spacial score (nSPS) is 23.7. The maximum atomic E-state index is 13.5. The fourth-order valence-corrected chi connectivity index (χ4v) is 8.22. The van der Waals surface area contributed by atoms with E-state index in [9.17, 15) is 18.8 Å². The maximum Gasteiger partial charge on any atom is 0.258 e. The Morgan fingerprint density at radius 2 is 1.74 bits per heavy atom. The van der Waals surface area contributed by atoms with Gasteiger partial charge in [-0.15, -0.1) is 11.3 Å². The van der Waals surface area contributed by atoms with Crippen LogP contribution in [0.1, 0.15) is 90.9 Å². The van der Waals surface area contributed by atoms with E-state index >= 15 is 0 Å². The van der Waals surface area contributed by atoms with E-state index in [2.05, 4.69) is 37.8 Å². The first-order chi connectivity index (χ1) is 22.1. The molecular weight excluding hydrogens is 626 g/mol. The molecule has 4 heterocycles. The number of carbonyl (C=O) groups is 3. The zero-order valence-electron chi connectivity index (χ0n) is 26.0. The quantitative estimate of drug-likeness (QED) is 0.269. The van der Waals surface area contributed by atoms with Gasteiger partial charge in [0.2, 0.25) is 20.2 Å². The van der Waals surface area contributed by atoms with E-state index < -0.39 is 20.2 Å². The molecule has 4 N–H and O–H groups in total. The molecule has 3 aliphatic heterocycles. The van der Waals surface area contributed by atoms with Gasteiger partial charge in [0.05, 0.1) is 4.88 Å². The number of alkyl halides is 1. The van der Waals surface area contributed by atoms with Gasteiger partial charge in [-0.05, 0) is 72.7 Å². The van der Waals surface area contributed by atoms with Gasteiger partial charge in [0, 0.05) is 42.7 Å². The second-order valence-corrected chi connectivity index (χ2v) is 14.3. The van der Waals surface area contributed by atoms with E-state index in [1.165, 1.54) is 35.5 Å². The fourth-order valence-electron chi connectivity index (χ4n) is 6.90. The van der Waals surface area contributed by atoms with Crippen molar-refractivity contribution in [2.45, 2.75) is 82.2 Å². The first-order valence-corrected chi connectivity index (χ1v) is 17.8. The number of fused-ring (bicyclic) bond motifs is 2. The van der Waals surface area contributed by atoms with Crippen LogP contribution < -0.4 is 5.73 Å². The monoisotopic (exact) mass is 668 g/mol. The fraction of sp³-hybridized carbons (Fsp3) is 0.471. The van der Waals surface area contributed by atoms with E-state index in [1.54, 1.807) is 12.1 Å². The highest BCUT2D eigenvalue weighted by atomic mass is 32.1. The number of nitrogens with two attached hydrogens (primary N) is 1. The lowest BCUT2D eigenvalue weighted by atomic mass is 9.89. The number of halogens is 1. The molecule has 46 heavy (non-hydrogen) atoms. The molecule has 5 atom stereocenters. The van der Waals surface area contributed by atoms with Gasteiger partial charge in [-0.2, -0.15) is 0 Å². The molecule has 0 aliphatic carbocycles. The standard InChI is InChI=1S/C23H32N2O2.C10H9FNO3PS.CHN/c1-17-15-24(16-20(17)18-9-4-2-5-10-18)23(27)21-13-8-12-19-11-6-3-7-14-22(26)25(19)21;11-9(16(14)15)5-1-2-7-6(3-5)4-8(17-7)10(12)13;1-2/h2,4-5,9-10,17,19-21H,3,6-8,11-16H2,1H3;1-4,9,14-15H,(H2,12,13);1H/t17-,19?,20?,21-;;/m0../s1. The number of likely N-dealkylation sites (tertiary alicyclic amines) is 1. The predicted octanol–water partition coefficient (Wildman–Crippen LogP) is 6.37. The molecule has 3 amide bonds. The van der Waals surface area contributed by atoms with Crippen LogP contribution in [0.25, 0.3) is 10.1 Å². The largest absolute Gasteiger partial charge is 0.365 e. The summed E-state index contributed by atoms with van der Waals surface area (Å²) in [6.45, 7) is 7.34. The predicted molar refractivity (Wildman–Crippen MR) is 179 cm³/mol. The first-order valence-electron chi connectivity index (χ1n) is 15.7. The van der Waals surface area contributed by atoms with Crippen LogP contribution in [0.15, 0.2) is 54.6 Å². The van der Waals surface area contributed by atoms with Crippen LogP contribution in [0.4, 0.5) is 4.39 Å². The summed E-state index contributed by atoms with van der Waals surface area (Å²) in [5.74, 6) is -1.07. The van der Waals surface area contributed by atoms with Gasteiger partial charge in [0.25, 0.3) is 5.91 Å². The van der Waals surface area contributed by atoms with Crippen molar-refractivity contribution in [3.63, 3.8) is 0 Å². The number of primary amides is 1. The molecule has 0 saturated carbocycles. The molecule has 246 valence electrons. The molecule has 0 spiro atoms. The van der Waals surface area contributed by atoms with Crippen LogP contribution in [-0.2, 0) is 9.59 Å². The molecule has 0 radical (unpaired) electrons. The molecule has 3 aromatic rings. The number of benzene rings is 2. The van der Waals surface area contributed by atoms with Gasteiger partial charge in [0.15, 0.2) is 5.91 Å². The van der Waals surface area contributed by atoms with E-state index in [-0.39, 0.29) is 29.5 Å². The minimum absolute atomic E-state index is 0.183. The Hall–Kier alpha value is -3.42. The van der Waals surface area contributed by atoms with E-state index in [0.717, 1.165) is 56.3 Å². The minimum atomic E-state index is -2.65. The average Bonchev–Trinajstić information content (AvgIpc) is 3.68. The molecule has 12 heteroatoms. The van der Waals surface area contributed by atoms with Crippen LogP contribution in [0.2, 0.25) is 0 Å². The molecule has 6 rings (SSSR count). The summed E-state index contributed by atoms with van der Waals surface area (Å²) >= 11 is 1.22. The summed E-state index contributed by atoms with van der Waals surface area (Å²) < 4.78 is 14.2. The Labute approximate surface area is 274 Å². The van der Waals surface area contributed by atoms with Gasteiger partial charge in [-0.25, -0.2) is 9.65 Å². The molecule has 0 bridgehead atoms. The maximum absolute atomic E-state index is 13.5. The first kappa shape index (κ1) is 35.4. The number of rotatable bonds is 5. The third-order valence-electron chi connectivity index (χ3n) is 9.16. The Morgan fingerprint density at radius 3 is 2.43 bits per heavy atom. The van der Waals surface area contributed by atoms with Crippen molar-refractivity contribution in [1.29, 1.82) is 5.26 Å². The number of nitriles is 1. The number of piperidine rings is 1. The minimum Gasteiger partial charge on any atom is -0.365 e. The Balaban J connectivity index is 0.000000218. The lowest BCUT2D eigenvalue weighted by molar-refractivity contribution is -0.151. The van der Waals surface area contributed by atoms with E-state index in [0.29, 0.717) is 28.5 Å². The molecular formula is C34H42FN4O5PS. The van der Waals surface area contributed by atoms with Crippen molar-refractivity contribution in [3.8, 4) is 6.57 Å². The van der Waals surface area contributed by atoms with Crippen molar-refractivity contribution in [1.82, 2.24) is 9.80 Å². The van der Waals surface area contributed by atoms with Crippen molar-refractivity contribution < 1.29 is 28.6 Å². The molecule has 9 nitrogen and oxygen atoms in total. The average molecular weight is 669 g/mol. The second-order valence-electron chi connectivity index (χ2n) is 12.2. The van der Waals surface area contributed by atoms with Crippen LogP contribution in [-0.4, -0.2) is 62.5 Å². The summed E-state index contributed by atoms with van der Waals surface area (Å²) in [7, 11) is -2.65. The highest BCUT2D eigenvalue weighted by Crippen LogP contribution is 2.45. The lowest BCUT2D eigenvalue weighted by Gasteiger charge is -2.43. The molecule has 2 aromatic carbocycles. The molecule has 3 unspecified atom stereocenters. The Kier molecular flexibility index (Phi) is 12.6. The van der Waals surface area contributed by atoms with Gasteiger partial charge in [-0.3, -0.25) is 14.4 Å². The van der Waals surface area contributed by atoms with Crippen LogP contribution in [0, 0.1) is 17.8 Å². The van der Waals surface area contributed by atoms with Crippen LogP contribution >= 0.6 is 19.7 Å². The van der Waals surface area contributed by atoms with Crippen molar-refractivity contribution >= 4 is 47.5 Å². The summed E-state index contributed by atoms with van der Waals surface area (Å²) in [4.78, 5) is 59.3. The van der Waals surface area contributed by atoms with Crippen molar-refractivity contribution in [2.24, 2.45) is 11.7 Å². The number of carbonyl (C=O) groups excluding carboxylic acids is 3. The Bertz CT molecular complexity index is 1520. The second kappa shape index (κ2) is 16.4. The van der Waals surface area contributed by atoms with Gasteiger partial charge < -0.3 is 25.3 Å². The number of thiophene rings is 1. The summed E-state index contributed by atoms with van der Waals surface area (Å²) in [5.41, 5.74) is 6.65. The SMILES string of the molecule is C#N.C[C@H]1CN(C(=O)[C@@H]2CCCC3CCCCCC(=O)N32)CC1c1ccccc1.NC(=O)c1cc2cc(C(F)P(O)O)ccc2s1. The number of amides is 3. The van der Waals surface area contributed by atoms with E-state index in [1.807, 2.05) is 15.9 Å². The Morgan fingerprint density at radius 1 is 1.02 bits per heavy atom. The summed E-state index contributed by atoms with van der Waals surface area (Å²) in [6, 6.07) is 16.8. The number of hydrogen-bond donors (Lipinski definition) is 3.